The monoisotopic (exact) mass is 268 g/mol. The zero-order chi connectivity index (χ0) is 13.7. The van der Waals surface area contributed by atoms with Crippen molar-refractivity contribution in [2.75, 3.05) is 19.6 Å². The van der Waals surface area contributed by atoms with Crippen LogP contribution in [0.5, 0.6) is 0 Å². The number of nitrogens with one attached hydrogen (secondary N) is 1. The molecule has 1 heterocycles. The van der Waals surface area contributed by atoms with Gasteiger partial charge in [0.2, 0.25) is 5.91 Å². The second kappa shape index (κ2) is 6.89. The molecule has 19 heavy (non-hydrogen) atoms. The number of carboxylic acid groups (broad SMARTS) is 1. The lowest BCUT2D eigenvalue weighted by molar-refractivity contribution is -0.139. The molecule has 0 aromatic rings. The van der Waals surface area contributed by atoms with E-state index in [2.05, 4.69) is 10.2 Å². The maximum Gasteiger partial charge on any atom is 0.303 e. The molecule has 1 saturated heterocycles. The molecule has 0 aromatic heterocycles. The number of likely N-dealkylation sites (tertiary alicyclic amines) is 1. The van der Waals surface area contributed by atoms with Crippen LogP contribution in [0.2, 0.25) is 0 Å². The Labute approximate surface area is 114 Å². The molecule has 0 atom stereocenters. The molecule has 0 aromatic carbocycles. The number of aliphatic carboxylic acids is 1. The van der Waals surface area contributed by atoms with Gasteiger partial charge in [0.1, 0.15) is 0 Å². The van der Waals surface area contributed by atoms with E-state index in [0.717, 1.165) is 32.5 Å². The van der Waals surface area contributed by atoms with E-state index in [1.807, 2.05) is 0 Å². The molecule has 2 rings (SSSR count). The minimum absolute atomic E-state index is 0.147. The number of hydrogen-bond donors (Lipinski definition) is 2. The number of nitrogens with zero attached hydrogens (tertiary/aromatic N) is 1. The van der Waals surface area contributed by atoms with Gasteiger partial charge in [-0.05, 0) is 18.8 Å². The average Bonchev–Trinajstić information content (AvgIpc) is 2.32. The van der Waals surface area contributed by atoms with Crippen LogP contribution in [0.1, 0.15) is 44.9 Å². The van der Waals surface area contributed by atoms with Crippen molar-refractivity contribution in [2.45, 2.75) is 51.0 Å². The zero-order valence-electron chi connectivity index (χ0n) is 11.4. The molecule has 1 saturated carbocycles. The van der Waals surface area contributed by atoms with Gasteiger partial charge in [0.15, 0.2) is 0 Å². The summed E-state index contributed by atoms with van der Waals surface area (Å²) >= 11 is 0. The van der Waals surface area contributed by atoms with Crippen LogP contribution in [0.25, 0.3) is 0 Å². The molecule has 108 valence electrons. The van der Waals surface area contributed by atoms with E-state index < -0.39 is 5.97 Å². The van der Waals surface area contributed by atoms with E-state index in [9.17, 15) is 9.59 Å². The van der Waals surface area contributed by atoms with Crippen LogP contribution in [0.4, 0.5) is 0 Å². The average molecular weight is 268 g/mol. The summed E-state index contributed by atoms with van der Waals surface area (Å²) in [7, 11) is 0. The predicted octanol–water partition coefficient (Wildman–Crippen LogP) is 1.23. The van der Waals surface area contributed by atoms with Gasteiger partial charge in [0.05, 0.1) is 6.42 Å². The molecule has 0 radical (unpaired) electrons. The third kappa shape index (κ3) is 4.82. The van der Waals surface area contributed by atoms with Gasteiger partial charge in [0.25, 0.3) is 0 Å². The Bertz CT molecular complexity index is 321. The Kier molecular flexibility index (Phi) is 5.19. The molecule has 0 spiro atoms. The smallest absolute Gasteiger partial charge is 0.303 e. The molecule has 5 nitrogen and oxygen atoms in total. The van der Waals surface area contributed by atoms with E-state index >= 15 is 0 Å². The summed E-state index contributed by atoms with van der Waals surface area (Å²) in [5.41, 5.74) is 0. The molecule has 1 aliphatic heterocycles. The number of carbonyl (C=O) groups is 2. The second-order valence-corrected chi connectivity index (χ2v) is 5.88. The van der Waals surface area contributed by atoms with Gasteiger partial charge in [-0.25, -0.2) is 0 Å². The first-order valence-corrected chi connectivity index (χ1v) is 7.37. The van der Waals surface area contributed by atoms with Crippen molar-refractivity contribution in [2.24, 2.45) is 5.92 Å². The fraction of sp³-hybridized carbons (Fsp3) is 0.857. The van der Waals surface area contributed by atoms with Crippen molar-refractivity contribution in [3.8, 4) is 0 Å². The van der Waals surface area contributed by atoms with E-state index in [0.29, 0.717) is 12.5 Å². The van der Waals surface area contributed by atoms with Crippen LogP contribution >= 0.6 is 0 Å². The molecule has 0 bridgehead atoms. The minimum atomic E-state index is -0.723. The van der Waals surface area contributed by atoms with Gasteiger partial charge in [-0.1, -0.05) is 19.3 Å². The molecule has 1 amide bonds. The van der Waals surface area contributed by atoms with Crippen LogP contribution in [-0.2, 0) is 9.59 Å². The Morgan fingerprint density at radius 3 is 2.47 bits per heavy atom. The first-order valence-electron chi connectivity index (χ1n) is 7.37. The summed E-state index contributed by atoms with van der Waals surface area (Å²) in [4.78, 5) is 24.5. The van der Waals surface area contributed by atoms with Crippen LogP contribution in [0.3, 0.4) is 0 Å². The summed E-state index contributed by atoms with van der Waals surface area (Å²) in [5.74, 6) is -0.299. The van der Waals surface area contributed by atoms with Gasteiger partial charge in [-0.15, -0.1) is 0 Å². The third-order valence-electron chi connectivity index (χ3n) is 4.12. The fourth-order valence-corrected chi connectivity index (χ4v) is 3.04. The zero-order valence-corrected chi connectivity index (χ0v) is 11.4. The Hall–Kier alpha value is -1.10. The number of carbonyl (C=O) groups excluding carboxylic acids is 1. The second-order valence-electron chi connectivity index (χ2n) is 5.88. The highest BCUT2D eigenvalue weighted by atomic mass is 16.4. The van der Waals surface area contributed by atoms with Gasteiger partial charge in [-0.3, -0.25) is 9.59 Å². The molecular formula is C14H24N2O3. The lowest BCUT2D eigenvalue weighted by Gasteiger charge is -2.38. The normalized spacial score (nSPS) is 21.9. The van der Waals surface area contributed by atoms with Crippen molar-refractivity contribution < 1.29 is 14.7 Å². The summed E-state index contributed by atoms with van der Waals surface area (Å²) < 4.78 is 0. The third-order valence-corrected chi connectivity index (χ3v) is 4.12. The van der Waals surface area contributed by atoms with Gasteiger partial charge in [-0.2, -0.15) is 0 Å². The lowest BCUT2D eigenvalue weighted by atomic mass is 9.95. The van der Waals surface area contributed by atoms with Crippen molar-refractivity contribution in [1.29, 1.82) is 0 Å². The first-order chi connectivity index (χ1) is 9.13. The quantitative estimate of drug-likeness (QED) is 0.760. The minimum Gasteiger partial charge on any atom is -0.481 e. The summed E-state index contributed by atoms with van der Waals surface area (Å²) in [6.45, 7) is 2.40. The topological polar surface area (TPSA) is 69.6 Å². The van der Waals surface area contributed by atoms with Gasteiger partial charge in [0, 0.05) is 32.1 Å². The van der Waals surface area contributed by atoms with Crippen LogP contribution in [0, 0.1) is 5.92 Å². The maximum atomic E-state index is 11.8. The van der Waals surface area contributed by atoms with E-state index in [1.54, 1.807) is 0 Å². The van der Waals surface area contributed by atoms with Crippen molar-refractivity contribution in [3.63, 3.8) is 0 Å². The van der Waals surface area contributed by atoms with E-state index in [1.165, 1.54) is 19.3 Å². The molecule has 0 unspecified atom stereocenters. The molecule has 2 aliphatic rings. The molecule has 1 aliphatic carbocycles. The fourth-order valence-electron chi connectivity index (χ4n) is 3.04. The summed E-state index contributed by atoms with van der Waals surface area (Å²) in [6, 6.07) is 0.386. The summed E-state index contributed by atoms with van der Waals surface area (Å²) in [5, 5.41) is 11.8. The predicted molar refractivity (Wildman–Crippen MR) is 71.8 cm³/mol. The molecular weight excluding hydrogens is 244 g/mol. The Morgan fingerprint density at radius 2 is 1.84 bits per heavy atom. The van der Waals surface area contributed by atoms with Crippen molar-refractivity contribution in [1.82, 2.24) is 10.2 Å². The molecule has 2 N–H and O–H groups in total. The SMILES string of the molecule is O=C(O)CC1CN(CCC(=O)NC2CCCCC2)C1. The first kappa shape index (κ1) is 14.3. The van der Waals surface area contributed by atoms with Gasteiger partial charge < -0.3 is 15.3 Å². The van der Waals surface area contributed by atoms with Crippen LogP contribution < -0.4 is 5.32 Å². The maximum absolute atomic E-state index is 11.8. The standard InChI is InChI=1S/C14H24N2O3/c17-13(15-12-4-2-1-3-5-12)6-7-16-9-11(10-16)8-14(18)19/h11-12H,1-10H2,(H,15,17)(H,18,19). The highest BCUT2D eigenvalue weighted by Crippen LogP contribution is 2.19. The van der Waals surface area contributed by atoms with Crippen molar-refractivity contribution >= 4 is 11.9 Å². The number of amides is 1. The summed E-state index contributed by atoms with van der Waals surface area (Å²) in [6.07, 6.45) is 6.79. The largest absolute Gasteiger partial charge is 0.481 e. The Balaban J connectivity index is 1.54. The highest BCUT2D eigenvalue weighted by molar-refractivity contribution is 5.76. The number of hydrogen-bond acceptors (Lipinski definition) is 3. The Morgan fingerprint density at radius 1 is 1.16 bits per heavy atom. The van der Waals surface area contributed by atoms with Crippen LogP contribution in [0.15, 0.2) is 0 Å². The number of rotatable bonds is 6. The van der Waals surface area contributed by atoms with Crippen LogP contribution in [-0.4, -0.2) is 47.6 Å². The molecule has 2 fully saturated rings. The van der Waals surface area contributed by atoms with Crippen molar-refractivity contribution in [3.05, 3.63) is 0 Å². The number of carboxylic acids is 1. The van der Waals surface area contributed by atoms with Gasteiger partial charge >= 0.3 is 5.97 Å². The van der Waals surface area contributed by atoms with E-state index in [-0.39, 0.29) is 18.2 Å². The highest BCUT2D eigenvalue weighted by Gasteiger charge is 2.28. The van der Waals surface area contributed by atoms with E-state index in [4.69, 9.17) is 5.11 Å². The molecule has 5 heteroatoms. The lowest BCUT2D eigenvalue weighted by Crippen LogP contribution is -2.48.